The molecule has 4 rings (SSSR count). The molecule has 9 heteroatoms. The van der Waals surface area contributed by atoms with Gasteiger partial charge in [0.05, 0.1) is 30.4 Å². The topological polar surface area (TPSA) is 103 Å². The van der Waals surface area contributed by atoms with Gasteiger partial charge in [0.1, 0.15) is 16.5 Å². The minimum atomic E-state index is -0.439. The average molecular weight is 480 g/mol. The Hall–Kier alpha value is -3.72. The fraction of sp³-hybridized carbons (Fsp3) is 0.280. The Morgan fingerprint density at radius 1 is 1.12 bits per heavy atom. The summed E-state index contributed by atoms with van der Waals surface area (Å²) >= 11 is 1.52. The number of hydrogen-bond acceptors (Lipinski definition) is 7. The Morgan fingerprint density at radius 3 is 2.71 bits per heavy atom. The molecule has 0 spiro atoms. The first-order chi connectivity index (χ1) is 16.5. The highest BCUT2D eigenvalue weighted by Gasteiger charge is 2.25. The van der Waals surface area contributed by atoms with E-state index in [-0.39, 0.29) is 11.6 Å². The number of nitro groups is 1. The molecule has 1 amide bonds. The molecule has 0 fully saturated rings. The number of nitrogens with zero attached hydrogens (tertiary/aromatic N) is 2. The molecule has 1 N–H and O–H groups in total. The summed E-state index contributed by atoms with van der Waals surface area (Å²) in [6.07, 6.45) is 6.53. The molecule has 0 aliphatic heterocycles. The van der Waals surface area contributed by atoms with E-state index in [9.17, 15) is 14.9 Å². The number of benzene rings is 2. The summed E-state index contributed by atoms with van der Waals surface area (Å²) in [6, 6.07) is 11.5. The van der Waals surface area contributed by atoms with Crippen LogP contribution in [0.1, 0.15) is 45.6 Å². The van der Waals surface area contributed by atoms with Gasteiger partial charge in [0.2, 0.25) is 0 Å². The fourth-order valence-electron chi connectivity index (χ4n) is 3.99. The molecule has 0 saturated carbocycles. The van der Waals surface area contributed by atoms with Gasteiger partial charge in [-0.25, -0.2) is 4.99 Å². The lowest BCUT2D eigenvalue weighted by atomic mass is 10.0. The Labute approximate surface area is 201 Å². The molecule has 0 atom stereocenters. The molecular formula is C25H25N3O5S. The molecule has 8 nitrogen and oxygen atoms in total. The molecule has 0 radical (unpaired) electrons. The van der Waals surface area contributed by atoms with Crippen LogP contribution in [0.4, 0.5) is 16.4 Å². The molecule has 0 bridgehead atoms. The quantitative estimate of drug-likeness (QED) is 0.195. The van der Waals surface area contributed by atoms with Crippen LogP contribution in [0.3, 0.4) is 0 Å². The molecule has 2 aromatic carbocycles. The van der Waals surface area contributed by atoms with E-state index in [1.54, 1.807) is 43.7 Å². The summed E-state index contributed by atoms with van der Waals surface area (Å²) in [4.78, 5) is 29.9. The summed E-state index contributed by atoms with van der Waals surface area (Å²) in [5.41, 5.74) is 2.73. The number of methoxy groups -OCH3 is 2. The van der Waals surface area contributed by atoms with Crippen molar-refractivity contribution in [2.24, 2.45) is 4.99 Å². The Morgan fingerprint density at radius 2 is 1.94 bits per heavy atom. The Bertz CT molecular complexity index is 1250. The van der Waals surface area contributed by atoms with E-state index in [4.69, 9.17) is 9.47 Å². The molecule has 0 saturated heterocycles. The van der Waals surface area contributed by atoms with Crippen LogP contribution in [0.15, 0.2) is 47.5 Å². The van der Waals surface area contributed by atoms with Crippen molar-refractivity contribution in [2.75, 3.05) is 19.5 Å². The summed E-state index contributed by atoms with van der Waals surface area (Å²) in [5.74, 6) is 0.867. The molecule has 1 aromatic heterocycles. The van der Waals surface area contributed by atoms with Crippen molar-refractivity contribution >= 4 is 39.8 Å². The maximum absolute atomic E-state index is 13.5. The van der Waals surface area contributed by atoms with Gasteiger partial charge in [-0.1, -0.05) is 18.6 Å². The van der Waals surface area contributed by atoms with Gasteiger partial charge < -0.3 is 14.8 Å². The lowest BCUT2D eigenvalue weighted by Gasteiger charge is -2.12. The van der Waals surface area contributed by atoms with Gasteiger partial charge in [0.25, 0.3) is 11.6 Å². The van der Waals surface area contributed by atoms with Crippen molar-refractivity contribution in [3.8, 4) is 11.5 Å². The number of rotatable bonds is 7. The van der Waals surface area contributed by atoms with Gasteiger partial charge in [-0.2, -0.15) is 0 Å². The number of fused-ring (bicyclic) bond motifs is 1. The second-order valence-corrected chi connectivity index (χ2v) is 8.96. The number of carbonyl (C=O) groups excluding carboxylic acids is 1. The van der Waals surface area contributed by atoms with Crippen LogP contribution in [0.2, 0.25) is 0 Å². The number of anilines is 1. The molecule has 1 heterocycles. The van der Waals surface area contributed by atoms with E-state index >= 15 is 0 Å². The number of ether oxygens (including phenoxy) is 2. The normalized spacial score (nSPS) is 13.2. The summed E-state index contributed by atoms with van der Waals surface area (Å²) in [7, 11) is 3.11. The molecule has 34 heavy (non-hydrogen) atoms. The maximum atomic E-state index is 13.5. The third-order valence-corrected chi connectivity index (χ3v) is 6.90. The van der Waals surface area contributed by atoms with Crippen molar-refractivity contribution in [1.29, 1.82) is 0 Å². The molecule has 3 aromatic rings. The molecule has 1 aliphatic carbocycles. The van der Waals surface area contributed by atoms with Crippen LogP contribution < -0.4 is 14.8 Å². The van der Waals surface area contributed by atoms with E-state index < -0.39 is 4.92 Å². The SMILES string of the molecule is COc1ccc(NC(=O)c2c(/N=C/c3cccc([N+](=O)[O-])c3)sc3c2CCCCC3)c(OC)c1. The maximum Gasteiger partial charge on any atom is 0.270 e. The third kappa shape index (κ3) is 5.09. The van der Waals surface area contributed by atoms with Gasteiger partial charge >= 0.3 is 0 Å². The van der Waals surface area contributed by atoms with Crippen LogP contribution in [0.5, 0.6) is 11.5 Å². The minimum Gasteiger partial charge on any atom is -0.497 e. The first kappa shape index (κ1) is 23.4. The van der Waals surface area contributed by atoms with E-state index in [0.29, 0.717) is 33.3 Å². The number of hydrogen-bond donors (Lipinski definition) is 1. The number of nitro benzene ring substituents is 1. The lowest BCUT2D eigenvalue weighted by molar-refractivity contribution is -0.384. The van der Waals surface area contributed by atoms with Crippen LogP contribution in [0.25, 0.3) is 0 Å². The monoisotopic (exact) mass is 479 g/mol. The van der Waals surface area contributed by atoms with Crippen molar-refractivity contribution in [3.05, 3.63) is 74.1 Å². The molecular weight excluding hydrogens is 454 g/mol. The number of carbonyl (C=O) groups is 1. The molecule has 0 unspecified atom stereocenters. The zero-order valence-corrected chi connectivity index (χ0v) is 19.8. The van der Waals surface area contributed by atoms with Crippen LogP contribution in [-0.2, 0) is 12.8 Å². The summed E-state index contributed by atoms with van der Waals surface area (Å²) < 4.78 is 10.7. The number of aliphatic imine (C=N–C) groups is 1. The van der Waals surface area contributed by atoms with Crippen LogP contribution in [0, 0.1) is 10.1 Å². The fourth-order valence-corrected chi connectivity index (χ4v) is 5.22. The zero-order chi connectivity index (χ0) is 24.1. The van der Waals surface area contributed by atoms with Gasteiger partial charge in [0, 0.05) is 29.3 Å². The first-order valence-corrected chi connectivity index (χ1v) is 11.8. The van der Waals surface area contributed by atoms with E-state index in [0.717, 1.165) is 37.7 Å². The van der Waals surface area contributed by atoms with Crippen molar-refractivity contribution in [3.63, 3.8) is 0 Å². The minimum absolute atomic E-state index is 0.00419. The smallest absolute Gasteiger partial charge is 0.270 e. The number of aryl methyl sites for hydroxylation is 1. The Kier molecular flexibility index (Phi) is 7.22. The highest BCUT2D eigenvalue weighted by Crippen LogP contribution is 2.40. The van der Waals surface area contributed by atoms with Crippen LogP contribution in [-0.4, -0.2) is 31.3 Å². The average Bonchev–Trinajstić information content (AvgIpc) is 3.04. The standard InChI is InChI=1S/C25H25N3O5S/c1-32-18-11-12-20(21(14-18)33-2)27-24(29)23-19-9-4-3-5-10-22(19)34-25(23)26-15-16-7-6-8-17(13-16)28(30)31/h6-8,11-15H,3-5,9-10H2,1-2H3,(H,27,29)/b26-15+. The number of thiophene rings is 1. The second-order valence-electron chi connectivity index (χ2n) is 7.88. The zero-order valence-electron chi connectivity index (χ0n) is 19.0. The predicted molar refractivity (Wildman–Crippen MR) is 133 cm³/mol. The number of nitrogens with one attached hydrogen (secondary N) is 1. The van der Waals surface area contributed by atoms with Gasteiger partial charge in [-0.15, -0.1) is 11.3 Å². The van der Waals surface area contributed by atoms with Gasteiger partial charge in [-0.3, -0.25) is 14.9 Å². The Balaban J connectivity index is 1.70. The van der Waals surface area contributed by atoms with E-state index in [1.165, 1.54) is 35.5 Å². The predicted octanol–water partition coefficient (Wildman–Crippen LogP) is 5.95. The molecule has 1 aliphatic rings. The van der Waals surface area contributed by atoms with Gasteiger partial charge in [-0.05, 0) is 48.9 Å². The highest BCUT2D eigenvalue weighted by atomic mass is 32.1. The van der Waals surface area contributed by atoms with Gasteiger partial charge in [0.15, 0.2) is 0 Å². The largest absolute Gasteiger partial charge is 0.497 e. The third-order valence-electron chi connectivity index (χ3n) is 5.70. The second kappa shape index (κ2) is 10.5. The van der Waals surface area contributed by atoms with E-state index in [2.05, 4.69) is 10.3 Å². The van der Waals surface area contributed by atoms with E-state index in [1.807, 2.05) is 0 Å². The highest BCUT2D eigenvalue weighted by molar-refractivity contribution is 7.16. The number of non-ortho nitro benzene ring substituents is 1. The molecule has 176 valence electrons. The van der Waals surface area contributed by atoms with Crippen LogP contribution >= 0.6 is 11.3 Å². The van der Waals surface area contributed by atoms with Crippen molar-refractivity contribution in [1.82, 2.24) is 0 Å². The van der Waals surface area contributed by atoms with Crippen molar-refractivity contribution < 1.29 is 19.2 Å². The lowest BCUT2D eigenvalue weighted by Crippen LogP contribution is -2.14. The first-order valence-electron chi connectivity index (χ1n) is 11.0. The number of amides is 1. The van der Waals surface area contributed by atoms with Crippen molar-refractivity contribution in [2.45, 2.75) is 32.1 Å². The summed E-state index contributed by atoms with van der Waals surface area (Å²) in [6.45, 7) is 0. The summed E-state index contributed by atoms with van der Waals surface area (Å²) in [5, 5.41) is 14.7.